The monoisotopic (exact) mass is 326 g/mol. The molecule has 0 saturated heterocycles. The maximum absolute atomic E-state index is 6.19. The van der Waals surface area contributed by atoms with Crippen LogP contribution in [0, 0.1) is 0 Å². The number of methoxy groups -OCH3 is 1. The molecule has 2 heterocycles. The van der Waals surface area contributed by atoms with E-state index in [4.69, 9.17) is 18.9 Å². The standard InChI is InChI=1S/C18H18N2O4/c1-21-13-6-8-14(9-7-13)23-18(17-19-10-11-20-17)12-22-15-4-2-3-5-16(15)24-18/h2-9H,10-12H2,1H3,(H,19,20). The fourth-order valence-electron chi connectivity index (χ4n) is 2.74. The average Bonchev–Trinajstić information content (AvgIpc) is 3.18. The molecule has 6 heteroatoms. The summed E-state index contributed by atoms with van der Waals surface area (Å²) in [6, 6.07) is 14.9. The number of hydrogen-bond donors (Lipinski definition) is 1. The molecule has 1 unspecified atom stereocenters. The largest absolute Gasteiger partial charge is 0.497 e. The first kappa shape index (κ1) is 14.7. The van der Waals surface area contributed by atoms with Crippen LogP contribution in [0.4, 0.5) is 0 Å². The first-order valence-corrected chi connectivity index (χ1v) is 7.82. The highest BCUT2D eigenvalue weighted by Gasteiger charge is 2.47. The fraction of sp³-hybridized carbons (Fsp3) is 0.278. The Morgan fingerprint density at radius 3 is 2.50 bits per heavy atom. The number of aliphatic imine (C=N–C) groups is 1. The van der Waals surface area contributed by atoms with Gasteiger partial charge in [0.05, 0.1) is 13.7 Å². The molecule has 0 aromatic heterocycles. The zero-order chi connectivity index (χ0) is 16.4. The molecule has 6 nitrogen and oxygen atoms in total. The van der Waals surface area contributed by atoms with Crippen molar-refractivity contribution in [1.29, 1.82) is 0 Å². The molecule has 124 valence electrons. The van der Waals surface area contributed by atoms with E-state index in [1.165, 1.54) is 0 Å². The van der Waals surface area contributed by atoms with Crippen LogP contribution in [0.25, 0.3) is 0 Å². The van der Waals surface area contributed by atoms with E-state index in [0.717, 1.165) is 12.3 Å². The van der Waals surface area contributed by atoms with E-state index >= 15 is 0 Å². The molecule has 0 spiro atoms. The summed E-state index contributed by atoms with van der Waals surface area (Å²) in [6.45, 7) is 1.66. The number of nitrogens with one attached hydrogen (secondary N) is 1. The molecule has 0 bridgehead atoms. The molecule has 4 rings (SSSR count). The molecule has 0 aliphatic carbocycles. The normalized spacial score (nSPS) is 21.6. The van der Waals surface area contributed by atoms with Gasteiger partial charge in [0, 0.05) is 6.54 Å². The van der Waals surface area contributed by atoms with Gasteiger partial charge >= 0.3 is 5.79 Å². The summed E-state index contributed by atoms with van der Waals surface area (Å²) in [4.78, 5) is 4.49. The van der Waals surface area contributed by atoms with E-state index in [9.17, 15) is 0 Å². The van der Waals surface area contributed by atoms with Crippen LogP contribution in [0.15, 0.2) is 53.5 Å². The lowest BCUT2D eigenvalue weighted by Gasteiger charge is -2.37. The number of nitrogens with zero attached hydrogens (tertiary/aromatic N) is 1. The molecule has 0 fully saturated rings. The summed E-state index contributed by atoms with van der Waals surface area (Å²) >= 11 is 0. The number of fused-ring (bicyclic) bond motifs is 1. The Morgan fingerprint density at radius 2 is 1.79 bits per heavy atom. The van der Waals surface area contributed by atoms with Gasteiger partial charge in [0.25, 0.3) is 0 Å². The molecule has 0 radical (unpaired) electrons. The van der Waals surface area contributed by atoms with Crippen molar-refractivity contribution >= 4 is 5.84 Å². The third-order valence-electron chi connectivity index (χ3n) is 3.92. The van der Waals surface area contributed by atoms with Crippen LogP contribution in [0.5, 0.6) is 23.0 Å². The molecule has 2 aromatic rings. The summed E-state index contributed by atoms with van der Waals surface area (Å²) in [5.74, 6) is 2.26. The van der Waals surface area contributed by atoms with Crippen molar-refractivity contribution in [2.45, 2.75) is 5.79 Å². The van der Waals surface area contributed by atoms with E-state index in [2.05, 4.69) is 10.3 Å². The lowest BCUT2D eigenvalue weighted by Crippen LogP contribution is -2.59. The molecule has 1 N–H and O–H groups in total. The molecule has 0 amide bonds. The van der Waals surface area contributed by atoms with Crippen molar-refractivity contribution in [3.8, 4) is 23.0 Å². The van der Waals surface area contributed by atoms with Crippen molar-refractivity contribution in [2.24, 2.45) is 4.99 Å². The Labute approximate surface area is 140 Å². The van der Waals surface area contributed by atoms with Gasteiger partial charge < -0.3 is 24.3 Å². The van der Waals surface area contributed by atoms with E-state index < -0.39 is 5.79 Å². The van der Waals surface area contributed by atoms with E-state index in [1.54, 1.807) is 7.11 Å². The second-order valence-electron chi connectivity index (χ2n) is 5.53. The Morgan fingerprint density at radius 1 is 1.04 bits per heavy atom. The molecule has 1 atom stereocenters. The van der Waals surface area contributed by atoms with Crippen LogP contribution in [0.1, 0.15) is 0 Å². The zero-order valence-electron chi connectivity index (χ0n) is 13.3. The molecule has 2 aliphatic rings. The summed E-state index contributed by atoms with van der Waals surface area (Å²) in [5, 5.41) is 3.24. The van der Waals surface area contributed by atoms with Gasteiger partial charge in [-0.05, 0) is 36.4 Å². The van der Waals surface area contributed by atoms with Crippen molar-refractivity contribution in [1.82, 2.24) is 5.32 Å². The maximum atomic E-state index is 6.19. The minimum Gasteiger partial charge on any atom is -0.497 e. The maximum Gasteiger partial charge on any atom is 0.345 e. The fourth-order valence-corrected chi connectivity index (χ4v) is 2.74. The quantitative estimate of drug-likeness (QED) is 0.934. The van der Waals surface area contributed by atoms with Gasteiger partial charge in [-0.15, -0.1) is 0 Å². The molecule has 24 heavy (non-hydrogen) atoms. The summed E-state index contributed by atoms with van der Waals surface area (Å²) in [5.41, 5.74) is 0. The van der Waals surface area contributed by atoms with Crippen molar-refractivity contribution < 1.29 is 18.9 Å². The molecule has 2 aliphatic heterocycles. The highest BCUT2D eigenvalue weighted by atomic mass is 16.7. The highest BCUT2D eigenvalue weighted by Crippen LogP contribution is 2.37. The molecule has 0 saturated carbocycles. The summed E-state index contributed by atoms with van der Waals surface area (Å²) in [7, 11) is 1.63. The minimum absolute atomic E-state index is 0.210. The third-order valence-corrected chi connectivity index (χ3v) is 3.92. The lowest BCUT2D eigenvalue weighted by molar-refractivity contribution is -0.101. The Hall–Kier alpha value is -2.89. The Balaban J connectivity index is 1.67. The number of rotatable bonds is 4. The van der Waals surface area contributed by atoms with Crippen LogP contribution in [0.3, 0.4) is 0 Å². The van der Waals surface area contributed by atoms with Crippen molar-refractivity contribution in [3.63, 3.8) is 0 Å². The number of ether oxygens (including phenoxy) is 4. The second-order valence-corrected chi connectivity index (χ2v) is 5.53. The predicted octanol–water partition coefficient (Wildman–Crippen LogP) is 2.24. The summed E-state index contributed by atoms with van der Waals surface area (Å²) in [6.07, 6.45) is 0. The minimum atomic E-state index is -1.13. The zero-order valence-corrected chi connectivity index (χ0v) is 13.3. The molecule has 2 aromatic carbocycles. The Bertz CT molecular complexity index is 760. The smallest absolute Gasteiger partial charge is 0.345 e. The van der Waals surface area contributed by atoms with Gasteiger partial charge in [-0.25, -0.2) is 0 Å². The molecular formula is C18H18N2O4. The van der Waals surface area contributed by atoms with Crippen molar-refractivity contribution in [3.05, 3.63) is 48.5 Å². The highest BCUT2D eigenvalue weighted by molar-refractivity contribution is 5.91. The van der Waals surface area contributed by atoms with Gasteiger partial charge in [-0.1, -0.05) is 12.1 Å². The van der Waals surface area contributed by atoms with Crippen LogP contribution in [-0.2, 0) is 0 Å². The van der Waals surface area contributed by atoms with Crippen molar-refractivity contribution in [2.75, 3.05) is 26.8 Å². The van der Waals surface area contributed by atoms with Gasteiger partial charge in [0.15, 0.2) is 23.9 Å². The molecular weight excluding hydrogens is 308 g/mol. The first-order chi connectivity index (χ1) is 11.8. The second kappa shape index (κ2) is 5.96. The van der Waals surface area contributed by atoms with Gasteiger partial charge in [0.1, 0.15) is 11.5 Å². The van der Waals surface area contributed by atoms with Crippen LogP contribution in [0.2, 0.25) is 0 Å². The topological polar surface area (TPSA) is 61.3 Å². The Kier molecular flexibility index (Phi) is 3.65. The van der Waals surface area contributed by atoms with E-state index in [0.29, 0.717) is 29.6 Å². The summed E-state index contributed by atoms with van der Waals surface area (Å²) < 4.78 is 23.4. The van der Waals surface area contributed by atoms with Gasteiger partial charge in [0.2, 0.25) is 0 Å². The SMILES string of the molecule is COc1ccc(OC2(C3=NCCN3)COc3ccccc3O2)cc1. The number of hydrogen-bond acceptors (Lipinski definition) is 6. The average molecular weight is 326 g/mol. The lowest BCUT2D eigenvalue weighted by atomic mass is 10.2. The van der Waals surface area contributed by atoms with Crippen LogP contribution >= 0.6 is 0 Å². The van der Waals surface area contributed by atoms with Crippen LogP contribution in [-0.4, -0.2) is 38.4 Å². The number of amidine groups is 1. The van der Waals surface area contributed by atoms with E-state index in [1.807, 2.05) is 48.5 Å². The van der Waals surface area contributed by atoms with Gasteiger partial charge in [-0.3, -0.25) is 4.99 Å². The van der Waals surface area contributed by atoms with E-state index in [-0.39, 0.29) is 6.61 Å². The predicted molar refractivity (Wildman–Crippen MR) is 89.2 cm³/mol. The first-order valence-electron chi connectivity index (χ1n) is 7.82. The third kappa shape index (κ3) is 2.60. The number of benzene rings is 2. The number of para-hydroxylation sites is 2. The van der Waals surface area contributed by atoms with Gasteiger partial charge in [-0.2, -0.15) is 0 Å². The van der Waals surface area contributed by atoms with Crippen LogP contribution < -0.4 is 24.3 Å².